The van der Waals surface area contributed by atoms with Gasteiger partial charge in [-0.1, -0.05) is 6.07 Å². The van der Waals surface area contributed by atoms with Gasteiger partial charge in [-0.3, -0.25) is 4.79 Å². The Morgan fingerprint density at radius 2 is 2.31 bits per heavy atom. The van der Waals surface area contributed by atoms with Gasteiger partial charge in [0.05, 0.1) is 0 Å². The fourth-order valence-electron chi connectivity index (χ4n) is 0.813. The van der Waals surface area contributed by atoms with Gasteiger partial charge in [-0.2, -0.15) is 0 Å². The molecule has 70 valence electrons. The second kappa shape index (κ2) is 4.00. The smallest absolute Gasteiger partial charge is 0.252 e. The molecule has 0 aromatic heterocycles. The maximum absolute atomic E-state index is 12.6. The SMILES string of the molecule is CC(O)C(=O)Nc1cccc(F)c1. The molecule has 0 saturated heterocycles. The van der Waals surface area contributed by atoms with E-state index in [1.807, 2.05) is 0 Å². The van der Waals surface area contributed by atoms with Gasteiger partial charge in [0.1, 0.15) is 11.9 Å². The average Bonchev–Trinajstić information content (AvgIpc) is 2.04. The van der Waals surface area contributed by atoms with Crippen LogP contribution in [0.25, 0.3) is 0 Å². The Hall–Kier alpha value is -1.42. The van der Waals surface area contributed by atoms with Crippen molar-refractivity contribution in [3.05, 3.63) is 30.1 Å². The molecule has 13 heavy (non-hydrogen) atoms. The molecule has 0 fully saturated rings. The van der Waals surface area contributed by atoms with E-state index in [1.165, 1.54) is 25.1 Å². The Morgan fingerprint density at radius 1 is 1.62 bits per heavy atom. The first-order valence-corrected chi connectivity index (χ1v) is 3.84. The Bertz CT molecular complexity index is 312. The number of nitrogens with one attached hydrogen (secondary N) is 1. The van der Waals surface area contributed by atoms with E-state index >= 15 is 0 Å². The van der Waals surface area contributed by atoms with Crippen molar-refractivity contribution in [2.45, 2.75) is 13.0 Å². The molecule has 4 heteroatoms. The molecule has 0 bridgehead atoms. The fourth-order valence-corrected chi connectivity index (χ4v) is 0.813. The summed E-state index contributed by atoms with van der Waals surface area (Å²) in [7, 11) is 0. The van der Waals surface area contributed by atoms with Crippen LogP contribution in [0.5, 0.6) is 0 Å². The van der Waals surface area contributed by atoms with Crippen LogP contribution >= 0.6 is 0 Å². The minimum atomic E-state index is -1.09. The zero-order chi connectivity index (χ0) is 9.84. The molecule has 1 amide bonds. The van der Waals surface area contributed by atoms with Crippen molar-refractivity contribution < 1.29 is 14.3 Å². The molecular formula is C9H10FNO2. The standard InChI is InChI=1S/C9H10FNO2/c1-6(12)9(13)11-8-4-2-3-7(10)5-8/h2-6,12H,1H3,(H,11,13). The summed E-state index contributed by atoms with van der Waals surface area (Å²) in [4.78, 5) is 10.9. The third-order valence-electron chi connectivity index (χ3n) is 1.47. The lowest BCUT2D eigenvalue weighted by molar-refractivity contribution is -0.123. The highest BCUT2D eigenvalue weighted by atomic mass is 19.1. The van der Waals surface area contributed by atoms with E-state index in [2.05, 4.69) is 5.32 Å². The molecular weight excluding hydrogens is 173 g/mol. The van der Waals surface area contributed by atoms with Crippen molar-refractivity contribution in [2.24, 2.45) is 0 Å². The van der Waals surface area contributed by atoms with Crippen LogP contribution in [-0.2, 0) is 4.79 Å². The Balaban J connectivity index is 2.69. The van der Waals surface area contributed by atoms with E-state index in [0.717, 1.165) is 0 Å². The van der Waals surface area contributed by atoms with Gasteiger partial charge >= 0.3 is 0 Å². The van der Waals surface area contributed by atoms with Crippen molar-refractivity contribution in [1.82, 2.24) is 0 Å². The second-order valence-corrected chi connectivity index (χ2v) is 2.68. The lowest BCUT2D eigenvalue weighted by Crippen LogP contribution is -2.24. The van der Waals surface area contributed by atoms with Gasteiger partial charge in [-0.15, -0.1) is 0 Å². The van der Waals surface area contributed by atoms with Gasteiger partial charge in [0.15, 0.2) is 0 Å². The monoisotopic (exact) mass is 183 g/mol. The van der Waals surface area contributed by atoms with Crippen LogP contribution in [-0.4, -0.2) is 17.1 Å². The number of halogens is 1. The lowest BCUT2D eigenvalue weighted by atomic mass is 10.3. The van der Waals surface area contributed by atoms with Crippen LogP contribution in [0.15, 0.2) is 24.3 Å². The van der Waals surface area contributed by atoms with E-state index in [4.69, 9.17) is 5.11 Å². The first-order chi connectivity index (χ1) is 6.09. The average molecular weight is 183 g/mol. The van der Waals surface area contributed by atoms with Gasteiger partial charge in [0, 0.05) is 5.69 Å². The molecule has 1 aromatic rings. The number of hydrogen-bond donors (Lipinski definition) is 2. The molecule has 3 nitrogen and oxygen atoms in total. The maximum Gasteiger partial charge on any atom is 0.252 e. The highest BCUT2D eigenvalue weighted by molar-refractivity contribution is 5.93. The molecule has 0 spiro atoms. The van der Waals surface area contributed by atoms with E-state index < -0.39 is 17.8 Å². The number of rotatable bonds is 2. The summed E-state index contributed by atoms with van der Waals surface area (Å²) < 4.78 is 12.6. The zero-order valence-electron chi connectivity index (χ0n) is 7.12. The summed E-state index contributed by atoms with van der Waals surface area (Å²) in [5.74, 6) is -0.978. The number of carbonyl (C=O) groups is 1. The topological polar surface area (TPSA) is 49.3 Å². The molecule has 0 aliphatic carbocycles. The van der Waals surface area contributed by atoms with Crippen molar-refractivity contribution in [1.29, 1.82) is 0 Å². The third-order valence-corrected chi connectivity index (χ3v) is 1.47. The molecule has 1 atom stereocenters. The van der Waals surface area contributed by atoms with Gasteiger partial charge in [0.25, 0.3) is 5.91 Å². The predicted octanol–water partition coefficient (Wildman–Crippen LogP) is 1.14. The summed E-state index contributed by atoms with van der Waals surface area (Å²) in [5.41, 5.74) is 0.339. The molecule has 1 unspecified atom stereocenters. The van der Waals surface area contributed by atoms with Gasteiger partial charge < -0.3 is 10.4 Å². The van der Waals surface area contributed by atoms with Crippen molar-refractivity contribution in [3.63, 3.8) is 0 Å². The first-order valence-electron chi connectivity index (χ1n) is 3.84. The van der Waals surface area contributed by atoms with Crippen molar-refractivity contribution in [3.8, 4) is 0 Å². The molecule has 0 aliphatic heterocycles. The molecule has 0 saturated carbocycles. The number of anilines is 1. The molecule has 0 radical (unpaired) electrons. The predicted molar refractivity (Wildman–Crippen MR) is 46.7 cm³/mol. The quantitative estimate of drug-likeness (QED) is 0.722. The highest BCUT2D eigenvalue weighted by Gasteiger charge is 2.08. The number of hydrogen-bond acceptors (Lipinski definition) is 2. The van der Waals surface area contributed by atoms with Crippen LogP contribution < -0.4 is 5.32 Å². The molecule has 1 aromatic carbocycles. The normalized spacial score (nSPS) is 12.2. The van der Waals surface area contributed by atoms with E-state index in [-0.39, 0.29) is 0 Å². The summed E-state index contributed by atoms with van der Waals surface area (Å²) in [6.45, 7) is 1.34. The summed E-state index contributed by atoms with van der Waals surface area (Å²) >= 11 is 0. The van der Waals surface area contributed by atoms with Crippen molar-refractivity contribution in [2.75, 3.05) is 5.32 Å². The number of benzene rings is 1. The first kappa shape index (κ1) is 9.67. The molecule has 0 heterocycles. The van der Waals surface area contributed by atoms with Gasteiger partial charge in [-0.05, 0) is 25.1 Å². The minimum absolute atomic E-state index is 0.339. The number of carbonyl (C=O) groups excluding carboxylic acids is 1. The maximum atomic E-state index is 12.6. The van der Waals surface area contributed by atoms with Crippen LogP contribution in [0.1, 0.15) is 6.92 Å². The fraction of sp³-hybridized carbons (Fsp3) is 0.222. The summed E-state index contributed by atoms with van der Waals surface area (Å²) in [6.07, 6.45) is -1.09. The zero-order valence-corrected chi connectivity index (χ0v) is 7.12. The van der Waals surface area contributed by atoms with Crippen LogP contribution in [0.2, 0.25) is 0 Å². The Labute approximate surface area is 75.2 Å². The summed E-state index contributed by atoms with van der Waals surface area (Å²) in [5, 5.41) is 11.2. The molecule has 0 aliphatic rings. The molecule has 2 N–H and O–H groups in total. The van der Waals surface area contributed by atoms with E-state index in [0.29, 0.717) is 5.69 Å². The Kier molecular flexibility index (Phi) is 2.97. The van der Waals surface area contributed by atoms with E-state index in [1.54, 1.807) is 6.07 Å². The van der Waals surface area contributed by atoms with Crippen LogP contribution in [0.3, 0.4) is 0 Å². The van der Waals surface area contributed by atoms with Gasteiger partial charge in [0.2, 0.25) is 0 Å². The van der Waals surface area contributed by atoms with Crippen LogP contribution in [0, 0.1) is 5.82 Å². The second-order valence-electron chi connectivity index (χ2n) is 2.68. The van der Waals surface area contributed by atoms with Crippen molar-refractivity contribution >= 4 is 11.6 Å². The summed E-state index contributed by atoms with van der Waals surface area (Å²) in [6, 6.07) is 5.48. The highest BCUT2D eigenvalue weighted by Crippen LogP contribution is 2.09. The largest absolute Gasteiger partial charge is 0.384 e. The Morgan fingerprint density at radius 3 is 2.85 bits per heavy atom. The van der Waals surface area contributed by atoms with Crippen LogP contribution in [0.4, 0.5) is 10.1 Å². The minimum Gasteiger partial charge on any atom is -0.384 e. The number of amides is 1. The number of aliphatic hydroxyl groups is 1. The van der Waals surface area contributed by atoms with Gasteiger partial charge in [-0.25, -0.2) is 4.39 Å². The molecule has 1 rings (SSSR count). The third kappa shape index (κ3) is 2.83. The van der Waals surface area contributed by atoms with E-state index in [9.17, 15) is 9.18 Å². The lowest BCUT2D eigenvalue weighted by Gasteiger charge is -2.06. The number of aliphatic hydroxyl groups excluding tert-OH is 1.